The molecular formula is C26H18F4N4O4. The van der Waals surface area contributed by atoms with Crippen molar-refractivity contribution in [2.75, 3.05) is 5.32 Å². The average molecular weight is 526 g/mol. The second kappa shape index (κ2) is 10.5. The molecule has 4 heterocycles. The summed E-state index contributed by atoms with van der Waals surface area (Å²) in [4.78, 5) is 30.5. The Bertz CT molecular complexity index is 1590. The SMILES string of the molecule is Cc1cc(NC(=O)c2cc3ccc(-c4ccc(F)cc4)cn3c2-c2cocn2)ccn1.O=C(O)C(F)(F)F. The van der Waals surface area contributed by atoms with Gasteiger partial charge in [0.15, 0.2) is 6.39 Å². The van der Waals surface area contributed by atoms with Gasteiger partial charge < -0.3 is 19.2 Å². The van der Waals surface area contributed by atoms with Gasteiger partial charge in [-0.1, -0.05) is 18.2 Å². The summed E-state index contributed by atoms with van der Waals surface area (Å²) in [5.41, 5.74) is 5.63. The van der Waals surface area contributed by atoms with Gasteiger partial charge in [0.25, 0.3) is 5.91 Å². The van der Waals surface area contributed by atoms with Crippen LogP contribution in [0.3, 0.4) is 0 Å². The van der Waals surface area contributed by atoms with E-state index in [-0.39, 0.29) is 11.7 Å². The Morgan fingerprint density at radius 1 is 1.00 bits per heavy atom. The van der Waals surface area contributed by atoms with Gasteiger partial charge in [-0.25, -0.2) is 14.2 Å². The lowest BCUT2D eigenvalue weighted by atomic mass is 10.1. The van der Waals surface area contributed by atoms with Crippen LogP contribution in [0.4, 0.5) is 23.2 Å². The summed E-state index contributed by atoms with van der Waals surface area (Å²) in [5, 5.41) is 10.0. The Morgan fingerprint density at radius 2 is 1.68 bits per heavy atom. The molecular weight excluding hydrogens is 508 g/mol. The molecule has 1 amide bonds. The Morgan fingerprint density at radius 3 is 2.29 bits per heavy atom. The van der Waals surface area contributed by atoms with Crippen LogP contribution in [-0.4, -0.2) is 37.5 Å². The Balaban J connectivity index is 0.000000426. The molecule has 0 aliphatic heterocycles. The maximum Gasteiger partial charge on any atom is 0.490 e. The number of carboxylic acid groups (broad SMARTS) is 1. The van der Waals surface area contributed by atoms with Gasteiger partial charge in [0.05, 0.1) is 11.3 Å². The third-order valence-corrected chi connectivity index (χ3v) is 5.26. The molecule has 5 rings (SSSR count). The number of oxazole rings is 1. The number of aliphatic carboxylic acids is 1. The van der Waals surface area contributed by atoms with E-state index in [4.69, 9.17) is 14.3 Å². The van der Waals surface area contributed by atoms with E-state index in [0.29, 0.717) is 22.6 Å². The molecule has 1 aromatic carbocycles. The number of nitrogens with zero attached hydrogens (tertiary/aromatic N) is 3. The number of carbonyl (C=O) groups excluding carboxylic acids is 1. The molecule has 38 heavy (non-hydrogen) atoms. The number of aryl methyl sites for hydroxylation is 1. The van der Waals surface area contributed by atoms with E-state index in [1.807, 2.05) is 35.7 Å². The minimum absolute atomic E-state index is 0.268. The van der Waals surface area contributed by atoms with Crippen LogP contribution in [0.15, 0.2) is 84.1 Å². The first-order valence-electron chi connectivity index (χ1n) is 10.9. The fourth-order valence-corrected chi connectivity index (χ4v) is 3.57. The number of benzene rings is 1. The second-order valence-corrected chi connectivity index (χ2v) is 7.94. The molecule has 0 aliphatic rings. The third-order valence-electron chi connectivity index (χ3n) is 5.26. The predicted octanol–water partition coefficient (Wildman–Crippen LogP) is 5.99. The number of carbonyl (C=O) groups is 2. The molecule has 0 atom stereocenters. The smallest absolute Gasteiger partial charge is 0.475 e. The summed E-state index contributed by atoms with van der Waals surface area (Å²) in [6.45, 7) is 1.86. The number of hydrogen-bond donors (Lipinski definition) is 2. The van der Waals surface area contributed by atoms with E-state index >= 15 is 0 Å². The number of alkyl halides is 3. The molecule has 0 saturated carbocycles. The first-order chi connectivity index (χ1) is 18.0. The fraction of sp³-hybridized carbons (Fsp3) is 0.0769. The highest BCUT2D eigenvalue weighted by molar-refractivity contribution is 6.09. The zero-order chi connectivity index (χ0) is 27.4. The van der Waals surface area contributed by atoms with Crippen molar-refractivity contribution in [3.63, 3.8) is 0 Å². The van der Waals surface area contributed by atoms with Gasteiger partial charge in [-0.2, -0.15) is 13.2 Å². The van der Waals surface area contributed by atoms with Crippen LogP contribution in [-0.2, 0) is 4.79 Å². The number of anilines is 1. The molecule has 0 unspecified atom stereocenters. The average Bonchev–Trinajstić information content (AvgIpc) is 3.52. The summed E-state index contributed by atoms with van der Waals surface area (Å²) in [6, 6.07) is 15.5. The van der Waals surface area contributed by atoms with E-state index in [2.05, 4.69) is 15.3 Å². The summed E-state index contributed by atoms with van der Waals surface area (Å²) < 4.78 is 52.1. The normalized spacial score (nSPS) is 11.1. The minimum Gasteiger partial charge on any atom is -0.475 e. The lowest BCUT2D eigenvalue weighted by molar-refractivity contribution is -0.192. The maximum absolute atomic E-state index is 13.3. The molecule has 0 aliphatic carbocycles. The lowest BCUT2D eigenvalue weighted by Gasteiger charge is -2.08. The monoisotopic (exact) mass is 526 g/mol. The highest BCUT2D eigenvalue weighted by Gasteiger charge is 2.38. The van der Waals surface area contributed by atoms with Crippen molar-refractivity contribution in [3.05, 3.63) is 96.7 Å². The van der Waals surface area contributed by atoms with Crippen molar-refractivity contribution in [3.8, 4) is 22.5 Å². The highest BCUT2D eigenvalue weighted by Crippen LogP contribution is 2.30. The van der Waals surface area contributed by atoms with Crippen LogP contribution in [0.5, 0.6) is 0 Å². The van der Waals surface area contributed by atoms with Gasteiger partial charge in [-0.15, -0.1) is 0 Å². The molecule has 0 saturated heterocycles. The molecule has 2 N–H and O–H groups in total. The number of fused-ring (bicyclic) bond motifs is 1. The number of pyridine rings is 2. The number of nitrogens with one attached hydrogen (secondary N) is 1. The number of rotatable bonds is 4. The zero-order valence-electron chi connectivity index (χ0n) is 19.5. The molecule has 0 spiro atoms. The lowest BCUT2D eigenvalue weighted by Crippen LogP contribution is -2.21. The van der Waals surface area contributed by atoms with E-state index < -0.39 is 12.1 Å². The van der Waals surface area contributed by atoms with Crippen LogP contribution in [0.25, 0.3) is 28.0 Å². The largest absolute Gasteiger partial charge is 0.490 e. The number of hydrogen-bond acceptors (Lipinski definition) is 5. The van der Waals surface area contributed by atoms with Crippen LogP contribution in [0.2, 0.25) is 0 Å². The first kappa shape index (κ1) is 26.1. The minimum atomic E-state index is -5.08. The first-order valence-corrected chi connectivity index (χ1v) is 10.9. The van der Waals surface area contributed by atoms with Crippen molar-refractivity contribution in [2.24, 2.45) is 0 Å². The van der Waals surface area contributed by atoms with Gasteiger partial charge in [-0.05, 0) is 54.4 Å². The van der Waals surface area contributed by atoms with Crippen LogP contribution >= 0.6 is 0 Å². The summed E-state index contributed by atoms with van der Waals surface area (Å²) in [5.74, 6) is -3.32. The molecule has 0 radical (unpaired) electrons. The van der Waals surface area contributed by atoms with Crippen LogP contribution in [0, 0.1) is 12.7 Å². The standard InChI is InChI=1S/C24H17FN4O2.C2HF3O2/c1-15-10-19(8-9-26-15)28-24(30)21-11-20-7-4-17(16-2-5-18(25)6-3-16)12-29(20)23(21)22-13-31-14-27-22;3-2(4,5)1(6)7/h2-14H,1H3,(H,26,28,30);(H,6,7). The van der Waals surface area contributed by atoms with Gasteiger partial charge >= 0.3 is 12.1 Å². The Kier molecular flexibility index (Phi) is 7.24. The number of aromatic nitrogens is 3. The molecule has 8 nitrogen and oxygen atoms in total. The molecule has 4 aromatic heterocycles. The molecule has 12 heteroatoms. The zero-order valence-corrected chi connectivity index (χ0v) is 19.5. The molecule has 5 aromatic rings. The van der Waals surface area contributed by atoms with Crippen LogP contribution < -0.4 is 5.32 Å². The second-order valence-electron chi connectivity index (χ2n) is 7.94. The maximum atomic E-state index is 13.3. The Labute approximate surface area is 212 Å². The fourth-order valence-electron chi connectivity index (χ4n) is 3.57. The van der Waals surface area contributed by atoms with E-state index in [1.165, 1.54) is 24.8 Å². The molecule has 0 fully saturated rings. The topological polar surface area (TPSA) is 110 Å². The number of amides is 1. The van der Waals surface area contributed by atoms with E-state index in [0.717, 1.165) is 22.3 Å². The summed E-state index contributed by atoms with van der Waals surface area (Å²) >= 11 is 0. The van der Waals surface area contributed by atoms with Crippen molar-refractivity contribution in [1.82, 2.24) is 14.4 Å². The highest BCUT2D eigenvalue weighted by atomic mass is 19.4. The quantitative estimate of drug-likeness (QED) is 0.279. The summed E-state index contributed by atoms with van der Waals surface area (Å²) in [6.07, 6.45) is 1.29. The number of halogens is 4. The van der Waals surface area contributed by atoms with Crippen molar-refractivity contribution in [1.29, 1.82) is 0 Å². The Hall–Kier alpha value is -5.00. The van der Waals surface area contributed by atoms with Crippen LogP contribution in [0.1, 0.15) is 16.1 Å². The predicted molar refractivity (Wildman–Crippen MR) is 129 cm³/mol. The number of carboxylic acids is 1. The van der Waals surface area contributed by atoms with Crippen molar-refractivity contribution in [2.45, 2.75) is 13.1 Å². The van der Waals surface area contributed by atoms with E-state index in [9.17, 15) is 22.4 Å². The van der Waals surface area contributed by atoms with Crippen molar-refractivity contribution >= 4 is 23.1 Å². The van der Waals surface area contributed by atoms with Gasteiger partial charge in [0.1, 0.15) is 17.8 Å². The molecule has 194 valence electrons. The van der Waals surface area contributed by atoms with Crippen molar-refractivity contribution < 1.29 is 36.7 Å². The van der Waals surface area contributed by atoms with Gasteiger partial charge in [0, 0.05) is 29.3 Å². The third kappa shape index (κ3) is 5.86. The molecule has 0 bridgehead atoms. The van der Waals surface area contributed by atoms with E-state index in [1.54, 1.807) is 30.5 Å². The van der Waals surface area contributed by atoms with Gasteiger partial charge in [0.2, 0.25) is 0 Å². The summed E-state index contributed by atoms with van der Waals surface area (Å²) in [7, 11) is 0. The van der Waals surface area contributed by atoms with Gasteiger partial charge in [-0.3, -0.25) is 9.78 Å².